The van der Waals surface area contributed by atoms with Crippen LogP contribution in [-0.4, -0.2) is 11.7 Å². The summed E-state index contributed by atoms with van der Waals surface area (Å²) in [5, 5.41) is 18.5. The number of benzene rings is 1. The van der Waals surface area contributed by atoms with Crippen molar-refractivity contribution in [1.29, 1.82) is 5.39 Å². The van der Waals surface area contributed by atoms with Gasteiger partial charge in [-0.3, -0.25) is 0 Å². The van der Waals surface area contributed by atoms with Crippen LogP contribution >= 0.6 is 0 Å². The Morgan fingerprint density at radius 3 is 2.70 bits per heavy atom. The summed E-state index contributed by atoms with van der Waals surface area (Å²) >= 11 is 0. The molecule has 1 N–H and O–H groups in total. The SMILES string of the molecule is CCC/C=C\CO/C(O)=C(/C=C/c1ccccc1)[N+]#N. The summed E-state index contributed by atoms with van der Waals surface area (Å²) in [6.45, 7) is 2.32. The van der Waals surface area contributed by atoms with Crippen LogP contribution in [0.1, 0.15) is 25.3 Å². The molecule has 20 heavy (non-hydrogen) atoms. The lowest BCUT2D eigenvalue weighted by Crippen LogP contribution is -1.93. The monoisotopic (exact) mass is 271 g/mol. The first-order valence-electron chi connectivity index (χ1n) is 6.57. The molecule has 0 fully saturated rings. The number of allylic oxidation sites excluding steroid dienone is 2. The van der Waals surface area contributed by atoms with Crippen molar-refractivity contribution in [3.8, 4) is 0 Å². The predicted octanol–water partition coefficient (Wildman–Crippen LogP) is 4.65. The molecule has 0 aliphatic carbocycles. The van der Waals surface area contributed by atoms with Crippen molar-refractivity contribution in [2.45, 2.75) is 19.8 Å². The van der Waals surface area contributed by atoms with E-state index in [0.717, 1.165) is 18.4 Å². The van der Waals surface area contributed by atoms with Crippen LogP contribution in [0.15, 0.2) is 60.2 Å². The molecule has 4 nitrogen and oxygen atoms in total. The van der Waals surface area contributed by atoms with Gasteiger partial charge >= 0.3 is 11.6 Å². The fourth-order valence-electron chi connectivity index (χ4n) is 1.44. The van der Waals surface area contributed by atoms with E-state index in [4.69, 9.17) is 10.1 Å². The summed E-state index contributed by atoms with van der Waals surface area (Å²) in [6.07, 6.45) is 9.04. The Bertz CT molecular complexity index is 525. The Labute approximate surface area is 119 Å². The molecular weight excluding hydrogens is 252 g/mol. The van der Waals surface area contributed by atoms with Gasteiger partial charge in [0.2, 0.25) is 5.39 Å². The fraction of sp³-hybridized carbons (Fsp3) is 0.250. The van der Waals surface area contributed by atoms with Crippen LogP contribution in [0.4, 0.5) is 0 Å². The minimum atomic E-state index is -0.402. The van der Waals surface area contributed by atoms with E-state index in [1.54, 1.807) is 6.08 Å². The third kappa shape index (κ3) is 5.87. The molecule has 0 heterocycles. The molecule has 0 saturated carbocycles. The summed E-state index contributed by atoms with van der Waals surface area (Å²) in [5.41, 5.74) is 0.919. The first-order chi connectivity index (χ1) is 9.77. The molecule has 4 heteroatoms. The lowest BCUT2D eigenvalue weighted by molar-refractivity contribution is 0.110. The first kappa shape index (κ1) is 15.5. The molecule has 1 rings (SSSR count). The maximum atomic E-state index is 9.66. The molecule has 0 unspecified atom stereocenters. The van der Waals surface area contributed by atoms with Gasteiger partial charge in [0.1, 0.15) is 6.61 Å². The standard InChI is InChI=1S/C16H18N2O2/c1-2-3-4-8-13-20-16(19)15(18-17)12-11-14-9-6-5-7-10-14/h4-12H,2-3,13H2,1H3/p+1/b8-4-,12-11+,16-15-. The van der Waals surface area contributed by atoms with Gasteiger partial charge in [-0.15, -0.1) is 0 Å². The van der Waals surface area contributed by atoms with Crippen molar-refractivity contribution >= 4 is 6.08 Å². The molecule has 0 bridgehead atoms. The molecular formula is C16H19N2O2+. The minimum absolute atomic E-state index is 0.0160. The van der Waals surface area contributed by atoms with Crippen molar-refractivity contribution < 1.29 is 9.84 Å². The molecule has 0 aliphatic rings. The Balaban J connectivity index is 2.62. The highest BCUT2D eigenvalue weighted by molar-refractivity contribution is 5.53. The van der Waals surface area contributed by atoms with Crippen LogP contribution in [0, 0.1) is 5.39 Å². The van der Waals surface area contributed by atoms with Crippen molar-refractivity contribution in [2.24, 2.45) is 0 Å². The summed E-state index contributed by atoms with van der Waals surface area (Å²) in [6, 6.07) is 9.50. The summed E-state index contributed by atoms with van der Waals surface area (Å²) in [4.78, 5) is 3.01. The average molecular weight is 271 g/mol. The molecule has 1 aromatic rings. The molecule has 0 saturated heterocycles. The highest BCUT2D eigenvalue weighted by atomic mass is 16.6. The van der Waals surface area contributed by atoms with E-state index in [2.05, 4.69) is 11.9 Å². The summed E-state index contributed by atoms with van der Waals surface area (Å²) in [5.74, 6) is -0.402. The van der Waals surface area contributed by atoms with Crippen LogP contribution < -0.4 is 0 Å². The molecule has 0 aromatic heterocycles. The van der Waals surface area contributed by atoms with E-state index in [1.165, 1.54) is 6.08 Å². The second kappa shape index (κ2) is 9.40. The topological polar surface area (TPSA) is 57.6 Å². The van der Waals surface area contributed by atoms with Crippen molar-refractivity contribution in [1.82, 2.24) is 0 Å². The van der Waals surface area contributed by atoms with Gasteiger partial charge in [-0.2, -0.15) is 0 Å². The zero-order chi connectivity index (χ0) is 14.6. The van der Waals surface area contributed by atoms with Gasteiger partial charge in [0.05, 0.1) is 0 Å². The number of hydrogen-bond acceptors (Lipinski definition) is 3. The largest absolute Gasteiger partial charge is 0.475 e. The number of aliphatic hydroxyl groups excluding tert-OH is 1. The quantitative estimate of drug-likeness (QED) is 0.340. The number of rotatable bonds is 7. The van der Waals surface area contributed by atoms with Gasteiger partial charge in [-0.05, 0) is 18.1 Å². The number of aliphatic hydroxyl groups is 1. The molecule has 0 radical (unpaired) electrons. The van der Waals surface area contributed by atoms with Crippen molar-refractivity contribution in [3.63, 3.8) is 0 Å². The number of diazo groups is 1. The van der Waals surface area contributed by atoms with Crippen LogP contribution in [0.2, 0.25) is 0 Å². The molecule has 0 atom stereocenters. The van der Waals surface area contributed by atoms with Crippen LogP contribution in [0.5, 0.6) is 0 Å². The van der Waals surface area contributed by atoms with Crippen molar-refractivity contribution in [2.75, 3.05) is 6.61 Å². The van der Waals surface area contributed by atoms with E-state index >= 15 is 0 Å². The van der Waals surface area contributed by atoms with Gasteiger partial charge in [-0.25, -0.2) is 0 Å². The average Bonchev–Trinajstić information content (AvgIpc) is 2.48. The maximum absolute atomic E-state index is 9.66. The summed E-state index contributed by atoms with van der Waals surface area (Å²) in [7, 11) is 0. The smallest absolute Gasteiger partial charge is 0.464 e. The second-order valence-electron chi connectivity index (χ2n) is 4.11. The van der Waals surface area contributed by atoms with E-state index in [9.17, 15) is 5.11 Å². The Morgan fingerprint density at radius 2 is 2.05 bits per heavy atom. The van der Waals surface area contributed by atoms with Gasteiger partial charge in [0, 0.05) is 6.08 Å². The third-order valence-electron chi connectivity index (χ3n) is 2.50. The zero-order valence-electron chi connectivity index (χ0n) is 11.6. The van der Waals surface area contributed by atoms with Crippen LogP contribution in [0.25, 0.3) is 11.1 Å². The first-order valence-corrected chi connectivity index (χ1v) is 6.57. The Kier molecular flexibility index (Phi) is 7.29. The Morgan fingerprint density at radius 1 is 1.30 bits per heavy atom. The van der Waals surface area contributed by atoms with Crippen LogP contribution in [0.3, 0.4) is 0 Å². The lowest BCUT2D eigenvalue weighted by Gasteiger charge is -1.97. The Hall–Kier alpha value is -2.54. The molecule has 0 amide bonds. The zero-order valence-corrected chi connectivity index (χ0v) is 11.6. The number of unbranched alkanes of at least 4 members (excludes halogenated alkanes) is 1. The van der Waals surface area contributed by atoms with E-state index in [1.807, 2.05) is 42.5 Å². The van der Waals surface area contributed by atoms with Crippen LogP contribution in [-0.2, 0) is 4.74 Å². The predicted molar refractivity (Wildman–Crippen MR) is 80.2 cm³/mol. The van der Waals surface area contributed by atoms with E-state index in [0.29, 0.717) is 0 Å². The number of nitrogens with zero attached hydrogens (tertiary/aromatic N) is 2. The fourth-order valence-corrected chi connectivity index (χ4v) is 1.44. The van der Waals surface area contributed by atoms with Gasteiger partial charge < -0.3 is 9.84 Å². The molecule has 104 valence electrons. The minimum Gasteiger partial charge on any atom is -0.475 e. The summed E-state index contributed by atoms with van der Waals surface area (Å²) < 4.78 is 5.07. The number of hydrogen-bond donors (Lipinski definition) is 1. The van der Waals surface area contributed by atoms with Crippen molar-refractivity contribution in [3.05, 3.63) is 70.7 Å². The second-order valence-corrected chi connectivity index (χ2v) is 4.11. The van der Waals surface area contributed by atoms with E-state index < -0.39 is 5.95 Å². The highest BCUT2D eigenvalue weighted by Crippen LogP contribution is 2.10. The van der Waals surface area contributed by atoms with Gasteiger partial charge in [0.15, 0.2) is 4.98 Å². The lowest BCUT2D eigenvalue weighted by atomic mass is 10.2. The third-order valence-corrected chi connectivity index (χ3v) is 2.50. The maximum Gasteiger partial charge on any atom is 0.464 e. The molecule has 0 aliphatic heterocycles. The van der Waals surface area contributed by atoms with Gasteiger partial charge in [0.25, 0.3) is 0 Å². The highest BCUT2D eigenvalue weighted by Gasteiger charge is 2.16. The molecule has 0 spiro atoms. The van der Waals surface area contributed by atoms with E-state index in [-0.39, 0.29) is 12.3 Å². The molecule has 1 aromatic carbocycles. The van der Waals surface area contributed by atoms with Gasteiger partial charge in [-0.1, -0.05) is 55.8 Å². The number of ether oxygens (including phenoxy) is 1. The normalized spacial score (nSPS) is 12.4.